The van der Waals surface area contributed by atoms with Gasteiger partial charge < -0.3 is 4.90 Å². The van der Waals surface area contributed by atoms with Gasteiger partial charge in [0.1, 0.15) is 5.82 Å². The Hall–Kier alpha value is -1.97. The summed E-state index contributed by atoms with van der Waals surface area (Å²) in [6.07, 6.45) is 1.61. The van der Waals surface area contributed by atoms with Crippen LogP contribution >= 0.6 is 11.8 Å². The molecular weight excluding hydrogens is 389 g/mol. The molecule has 1 aromatic carbocycles. The Balaban J connectivity index is 1.68. The van der Waals surface area contributed by atoms with Gasteiger partial charge in [0.2, 0.25) is 10.0 Å². The van der Waals surface area contributed by atoms with Gasteiger partial charge in [0, 0.05) is 37.9 Å². The third-order valence-electron chi connectivity index (χ3n) is 4.23. The molecule has 27 heavy (non-hydrogen) atoms. The van der Waals surface area contributed by atoms with Gasteiger partial charge in [-0.05, 0) is 36.1 Å². The fraction of sp³-hybridized carbons (Fsp3) is 0.333. The van der Waals surface area contributed by atoms with E-state index in [4.69, 9.17) is 0 Å². The lowest BCUT2D eigenvalue weighted by Gasteiger charge is -2.34. The first-order chi connectivity index (χ1) is 12.9. The van der Waals surface area contributed by atoms with Crippen molar-refractivity contribution in [2.75, 3.05) is 31.9 Å². The molecule has 144 valence electrons. The van der Waals surface area contributed by atoms with Gasteiger partial charge in [-0.3, -0.25) is 4.79 Å². The highest BCUT2D eigenvalue weighted by atomic mass is 32.2. The number of rotatable bonds is 5. The molecule has 6 nitrogen and oxygen atoms in total. The highest BCUT2D eigenvalue weighted by Crippen LogP contribution is 2.20. The second-order valence-electron chi connectivity index (χ2n) is 5.97. The Morgan fingerprint density at radius 3 is 2.59 bits per heavy atom. The fourth-order valence-corrected chi connectivity index (χ4v) is 4.96. The number of sulfonamides is 1. The average molecular weight is 410 g/mol. The summed E-state index contributed by atoms with van der Waals surface area (Å²) in [6, 6.07) is 8.38. The Morgan fingerprint density at radius 1 is 1.19 bits per heavy atom. The van der Waals surface area contributed by atoms with Gasteiger partial charge >= 0.3 is 0 Å². The van der Waals surface area contributed by atoms with Crippen LogP contribution in [0.2, 0.25) is 0 Å². The second-order valence-corrected chi connectivity index (χ2v) is 9.19. The van der Waals surface area contributed by atoms with Gasteiger partial charge in [-0.15, -0.1) is 11.8 Å². The SMILES string of the molecule is CCSc1cc(C(=O)N2CCN(S(=O)(=O)c3cccc(F)c3)CC2)ccn1. The lowest BCUT2D eigenvalue weighted by atomic mass is 10.2. The molecule has 1 fully saturated rings. The summed E-state index contributed by atoms with van der Waals surface area (Å²) >= 11 is 1.56. The van der Waals surface area contributed by atoms with E-state index in [0.717, 1.165) is 16.8 Å². The molecule has 0 radical (unpaired) electrons. The van der Waals surface area contributed by atoms with Crippen LogP contribution in [0.5, 0.6) is 0 Å². The number of halogens is 1. The monoisotopic (exact) mass is 409 g/mol. The average Bonchev–Trinajstić information content (AvgIpc) is 2.68. The lowest BCUT2D eigenvalue weighted by molar-refractivity contribution is 0.0697. The van der Waals surface area contributed by atoms with Gasteiger partial charge in [-0.25, -0.2) is 17.8 Å². The van der Waals surface area contributed by atoms with Crippen molar-refractivity contribution in [3.8, 4) is 0 Å². The number of amides is 1. The van der Waals surface area contributed by atoms with Crippen LogP contribution in [-0.2, 0) is 10.0 Å². The van der Waals surface area contributed by atoms with Crippen molar-refractivity contribution in [2.24, 2.45) is 0 Å². The zero-order chi connectivity index (χ0) is 19.4. The van der Waals surface area contributed by atoms with Crippen LogP contribution in [0.15, 0.2) is 52.5 Å². The van der Waals surface area contributed by atoms with Crippen molar-refractivity contribution < 1.29 is 17.6 Å². The van der Waals surface area contributed by atoms with Gasteiger partial charge in [0.25, 0.3) is 5.91 Å². The maximum Gasteiger partial charge on any atom is 0.254 e. The molecule has 0 N–H and O–H groups in total. The maximum absolute atomic E-state index is 13.4. The predicted octanol–water partition coefficient (Wildman–Crippen LogP) is 2.48. The van der Waals surface area contributed by atoms with Gasteiger partial charge in [-0.2, -0.15) is 4.31 Å². The molecule has 1 saturated heterocycles. The van der Waals surface area contributed by atoms with Gasteiger partial charge in [0.15, 0.2) is 0 Å². The third-order valence-corrected chi connectivity index (χ3v) is 6.94. The first-order valence-corrected chi connectivity index (χ1v) is 11.0. The van der Waals surface area contributed by atoms with Crippen molar-refractivity contribution in [1.82, 2.24) is 14.2 Å². The van der Waals surface area contributed by atoms with E-state index in [9.17, 15) is 17.6 Å². The molecule has 0 unspecified atom stereocenters. The maximum atomic E-state index is 13.4. The van der Waals surface area contributed by atoms with Crippen molar-refractivity contribution in [3.63, 3.8) is 0 Å². The molecule has 1 aliphatic heterocycles. The Kier molecular flexibility index (Phi) is 6.13. The molecule has 0 saturated carbocycles. The first-order valence-electron chi connectivity index (χ1n) is 8.55. The Bertz CT molecular complexity index is 929. The number of pyridine rings is 1. The summed E-state index contributed by atoms with van der Waals surface area (Å²) in [5.41, 5.74) is 0.544. The summed E-state index contributed by atoms with van der Waals surface area (Å²) in [4.78, 5) is 18.5. The summed E-state index contributed by atoms with van der Waals surface area (Å²) in [6.45, 7) is 2.93. The van der Waals surface area contributed by atoms with E-state index in [1.54, 1.807) is 35.0 Å². The molecule has 1 aromatic heterocycles. The molecule has 0 bridgehead atoms. The van der Waals surface area contributed by atoms with Crippen LogP contribution in [0.1, 0.15) is 17.3 Å². The molecule has 0 spiro atoms. The molecule has 1 amide bonds. The minimum Gasteiger partial charge on any atom is -0.336 e. The van der Waals surface area contributed by atoms with E-state index >= 15 is 0 Å². The zero-order valence-corrected chi connectivity index (χ0v) is 16.5. The topological polar surface area (TPSA) is 70.6 Å². The van der Waals surface area contributed by atoms with Gasteiger partial charge in [0.05, 0.1) is 9.92 Å². The number of thioether (sulfide) groups is 1. The van der Waals surface area contributed by atoms with Crippen LogP contribution in [-0.4, -0.2) is 60.4 Å². The fourth-order valence-electron chi connectivity index (χ4n) is 2.86. The van der Waals surface area contributed by atoms with E-state index in [1.165, 1.54) is 22.5 Å². The van der Waals surface area contributed by atoms with E-state index in [0.29, 0.717) is 5.56 Å². The van der Waals surface area contributed by atoms with Crippen molar-refractivity contribution in [2.45, 2.75) is 16.8 Å². The first kappa shape index (κ1) is 19.8. The number of carbonyl (C=O) groups is 1. The number of aromatic nitrogens is 1. The van der Waals surface area contributed by atoms with Crippen LogP contribution in [0.25, 0.3) is 0 Å². The highest BCUT2D eigenvalue weighted by molar-refractivity contribution is 7.99. The minimum atomic E-state index is -3.77. The molecule has 1 aliphatic rings. The summed E-state index contributed by atoms with van der Waals surface area (Å²) in [5, 5.41) is 0.788. The highest BCUT2D eigenvalue weighted by Gasteiger charge is 2.30. The standard InChI is InChI=1S/C18H20FN3O3S2/c1-2-26-17-12-14(6-7-20-17)18(23)21-8-10-22(11-9-21)27(24,25)16-5-3-4-15(19)13-16/h3-7,12-13H,2,8-11H2,1H3. The van der Waals surface area contributed by atoms with Crippen LogP contribution in [0, 0.1) is 5.82 Å². The second kappa shape index (κ2) is 8.37. The number of piperazine rings is 1. The van der Waals surface area contributed by atoms with E-state index in [2.05, 4.69) is 4.98 Å². The third kappa shape index (κ3) is 4.48. The molecule has 2 aromatic rings. The largest absolute Gasteiger partial charge is 0.336 e. The van der Waals surface area contributed by atoms with Crippen molar-refractivity contribution >= 4 is 27.7 Å². The number of hydrogen-bond acceptors (Lipinski definition) is 5. The zero-order valence-electron chi connectivity index (χ0n) is 14.8. The summed E-state index contributed by atoms with van der Waals surface area (Å²) in [5.74, 6) is 0.128. The number of hydrogen-bond donors (Lipinski definition) is 0. The Labute approximate surface area is 162 Å². The Morgan fingerprint density at radius 2 is 1.93 bits per heavy atom. The molecule has 2 heterocycles. The molecule has 3 rings (SSSR count). The normalized spacial score (nSPS) is 15.7. The van der Waals surface area contributed by atoms with Crippen LogP contribution in [0.3, 0.4) is 0 Å². The van der Waals surface area contributed by atoms with E-state index in [1.807, 2.05) is 6.92 Å². The minimum absolute atomic E-state index is 0.0716. The smallest absolute Gasteiger partial charge is 0.254 e. The lowest BCUT2D eigenvalue weighted by Crippen LogP contribution is -2.50. The summed E-state index contributed by atoms with van der Waals surface area (Å²) in [7, 11) is -3.77. The molecule has 0 aliphatic carbocycles. The van der Waals surface area contributed by atoms with Crippen LogP contribution < -0.4 is 0 Å². The quantitative estimate of drug-likeness (QED) is 0.710. The van der Waals surface area contributed by atoms with Crippen LogP contribution in [0.4, 0.5) is 4.39 Å². The van der Waals surface area contributed by atoms with E-state index < -0.39 is 15.8 Å². The van der Waals surface area contributed by atoms with Gasteiger partial charge in [-0.1, -0.05) is 13.0 Å². The number of nitrogens with zero attached hydrogens (tertiary/aromatic N) is 3. The summed E-state index contributed by atoms with van der Waals surface area (Å²) < 4.78 is 39.9. The van der Waals surface area contributed by atoms with Crippen molar-refractivity contribution in [1.29, 1.82) is 0 Å². The molecule has 9 heteroatoms. The number of benzene rings is 1. The number of carbonyl (C=O) groups excluding carboxylic acids is 1. The molecule has 0 atom stereocenters. The predicted molar refractivity (Wildman–Crippen MR) is 102 cm³/mol. The van der Waals surface area contributed by atoms with E-state index in [-0.39, 0.29) is 37.0 Å². The molecular formula is C18H20FN3O3S2. The van der Waals surface area contributed by atoms with Crippen molar-refractivity contribution in [3.05, 3.63) is 54.0 Å².